The number of guanidine groups is 1. The lowest BCUT2D eigenvalue weighted by molar-refractivity contribution is -0.274. The minimum Gasteiger partial charge on any atom is -0.406 e. The number of nitrogens with zero attached hydrogens (tertiary/aromatic N) is 2. The fourth-order valence-corrected chi connectivity index (χ4v) is 2.20. The lowest BCUT2D eigenvalue weighted by Gasteiger charge is -2.26. The lowest BCUT2D eigenvalue weighted by atomic mass is 10.2. The van der Waals surface area contributed by atoms with E-state index in [1.807, 2.05) is 0 Å². The maximum Gasteiger partial charge on any atom is 0.573 e. The van der Waals surface area contributed by atoms with Crippen LogP contribution in [-0.2, 0) is 11.3 Å². The van der Waals surface area contributed by atoms with Gasteiger partial charge in [-0.25, -0.2) is 4.99 Å². The summed E-state index contributed by atoms with van der Waals surface area (Å²) in [6.07, 6.45) is -4.69. The van der Waals surface area contributed by atoms with Gasteiger partial charge in [0.1, 0.15) is 5.75 Å². The number of rotatable bonds is 6. The Hall–Kier alpha value is -2.00. The number of morpholine rings is 1. The molecule has 0 amide bonds. The molecule has 1 heterocycles. The van der Waals surface area contributed by atoms with Crippen molar-refractivity contribution in [1.29, 1.82) is 0 Å². The van der Waals surface area contributed by atoms with Crippen LogP contribution in [0.5, 0.6) is 5.75 Å². The summed E-state index contributed by atoms with van der Waals surface area (Å²) in [5.41, 5.74) is 6.51. The fraction of sp³-hybridized carbons (Fsp3) is 0.533. The highest BCUT2D eigenvalue weighted by Crippen LogP contribution is 2.22. The quantitative estimate of drug-likeness (QED) is 0.600. The number of benzene rings is 1. The molecule has 1 aliphatic rings. The first-order valence-corrected chi connectivity index (χ1v) is 7.61. The average molecular weight is 346 g/mol. The summed E-state index contributed by atoms with van der Waals surface area (Å²) in [7, 11) is 0. The number of hydrogen-bond acceptors (Lipinski definition) is 4. The second-order valence-corrected chi connectivity index (χ2v) is 5.27. The zero-order valence-corrected chi connectivity index (χ0v) is 13.2. The van der Waals surface area contributed by atoms with Gasteiger partial charge in [-0.3, -0.25) is 4.90 Å². The van der Waals surface area contributed by atoms with Gasteiger partial charge in [0.05, 0.1) is 19.8 Å². The Bertz CT molecular complexity index is 529. The molecule has 1 aromatic carbocycles. The van der Waals surface area contributed by atoms with Crippen molar-refractivity contribution in [3.05, 3.63) is 29.8 Å². The lowest BCUT2D eigenvalue weighted by Crippen LogP contribution is -2.42. The van der Waals surface area contributed by atoms with E-state index in [0.29, 0.717) is 12.5 Å². The molecule has 0 saturated carbocycles. The van der Waals surface area contributed by atoms with Crippen LogP contribution < -0.4 is 15.8 Å². The van der Waals surface area contributed by atoms with Crippen LogP contribution in [0.4, 0.5) is 13.2 Å². The SMILES string of the molecule is NC(=NCc1ccc(OC(F)(F)F)cc1)NCCN1CCOCC1. The first-order valence-electron chi connectivity index (χ1n) is 7.61. The third-order valence-electron chi connectivity index (χ3n) is 3.43. The Morgan fingerprint density at radius 3 is 2.54 bits per heavy atom. The van der Waals surface area contributed by atoms with Gasteiger partial charge in [-0.15, -0.1) is 13.2 Å². The molecule has 0 spiro atoms. The highest BCUT2D eigenvalue weighted by Gasteiger charge is 2.30. The van der Waals surface area contributed by atoms with Crippen LogP contribution in [-0.4, -0.2) is 56.6 Å². The molecule has 9 heteroatoms. The van der Waals surface area contributed by atoms with E-state index < -0.39 is 6.36 Å². The molecule has 3 N–H and O–H groups in total. The average Bonchev–Trinajstić information content (AvgIpc) is 2.54. The van der Waals surface area contributed by atoms with Crippen molar-refractivity contribution in [2.24, 2.45) is 10.7 Å². The van der Waals surface area contributed by atoms with Crippen LogP contribution in [0.15, 0.2) is 29.3 Å². The summed E-state index contributed by atoms with van der Waals surface area (Å²) in [6, 6.07) is 5.54. The topological polar surface area (TPSA) is 72.1 Å². The van der Waals surface area contributed by atoms with E-state index in [1.165, 1.54) is 24.3 Å². The minimum atomic E-state index is -4.69. The van der Waals surface area contributed by atoms with E-state index in [9.17, 15) is 13.2 Å². The van der Waals surface area contributed by atoms with Crippen LogP contribution in [0, 0.1) is 0 Å². The van der Waals surface area contributed by atoms with Crippen molar-refractivity contribution in [3.63, 3.8) is 0 Å². The molecule has 1 saturated heterocycles. The van der Waals surface area contributed by atoms with E-state index in [1.54, 1.807) is 0 Å². The number of alkyl halides is 3. The molecule has 2 rings (SSSR count). The maximum absolute atomic E-state index is 12.1. The van der Waals surface area contributed by atoms with Crippen LogP contribution in [0.2, 0.25) is 0 Å². The van der Waals surface area contributed by atoms with Crippen molar-refractivity contribution in [3.8, 4) is 5.75 Å². The Morgan fingerprint density at radius 1 is 1.25 bits per heavy atom. The molecule has 0 aromatic heterocycles. The predicted molar refractivity (Wildman–Crippen MR) is 83.7 cm³/mol. The van der Waals surface area contributed by atoms with Gasteiger partial charge in [-0.05, 0) is 17.7 Å². The van der Waals surface area contributed by atoms with Crippen molar-refractivity contribution in [1.82, 2.24) is 10.2 Å². The van der Waals surface area contributed by atoms with E-state index in [4.69, 9.17) is 10.5 Å². The van der Waals surface area contributed by atoms with E-state index in [2.05, 4.69) is 19.9 Å². The highest BCUT2D eigenvalue weighted by molar-refractivity contribution is 5.77. The van der Waals surface area contributed by atoms with Crippen molar-refractivity contribution >= 4 is 5.96 Å². The predicted octanol–water partition coefficient (Wildman–Crippen LogP) is 1.32. The largest absolute Gasteiger partial charge is 0.573 e. The summed E-state index contributed by atoms with van der Waals surface area (Å²) in [4.78, 5) is 6.43. The maximum atomic E-state index is 12.1. The first-order chi connectivity index (χ1) is 11.4. The third kappa shape index (κ3) is 7.05. The third-order valence-corrected chi connectivity index (χ3v) is 3.43. The van der Waals surface area contributed by atoms with E-state index in [0.717, 1.165) is 38.4 Å². The van der Waals surface area contributed by atoms with Gasteiger partial charge < -0.3 is 20.5 Å². The Kier molecular flexibility index (Phi) is 6.68. The number of hydrogen-bond donors (Lipinski definition) is 2. The molecule has 0 aliphatic carbocycles. The van der Waals surface area contributed by atoms with Gasteiger partial charge in [0, 0.05) is 26.2 Å². The van der Waals surface area contributed by atoms with Gasteiger partial charge in [0.2, 0.25) is 0 Å². The van der Waals surface area contributed by atoms with E-state index in [-0.39, 0.29) is 12.3 Å². The van der Waals surface area contributed by atoms with Crippen LogP contribution >= 0.6 is 0 Å². The number of halogens is 3. The molecule has 1 aromatic rings. The fourth-order valence-electron chi connectivity index (χ4n) is 2.20. The summed E-state index contributed by atoms with van der Waals surface area (Å²) in [5.74, 6) is 0.0470. The molecule has 0 unspecified atom stereocenters. The first kappa shape index (κ1) is 18.3. The van der Waals surface area contributed by atoms with Crippen LogP contribution in [0.3, 0.4) is 0 Å². The molecule has 0 bridgehead atoms. The smallest absolute Gasteiger partial charge is 0.406 e. The Labute approximate surface area is 138 Å². The van der Waals surface area contributed by atoms with Crippen molar-refractivity contribution in [2.75, 3.05) is 39.4 Å². The molecule has 6 nitrogen and oxygen atoms in total. The van der Waals surface area contributed by atoms with Crippen molar-refractivity contribution in [2.45, 2.75) is 12.9 Å². The number of nitrogens with two attached hydrogens (primary N) is 1. The zero-order chi connectivity index (χ0) is 17.4. The highest BCUT2D eigenvalue weighted by atomic mass is 19.4. The number of ether oxygens (including phenoxy) is 2. The summed E-state index contributed by atoms with van der Waals surface area (Å²) >= 11 is 0. The molecular weight excluding hydrogens is 325 g/mol. The van der Waals surface area contributed by atoms with Gasteiger partial charge >= 0.3 is 6.36 Å². The standard InChI is InChI=1S/C15H21F3N4O2/c16-15(17,18)24-13-3-1-12(2-4-13)11-21-14(19)20-5-6-22-7-9-23-10-8-22/h1-4H,5-11H2,(H3,19,20,21). The minimum absolute atomic E-state index is 0.258. The normalized spacial score (nSPS) is 16.9. The van der Waals surface area contributed by atoms with Gasteiger partial charge in [0.15, 0.2) is 5.96 Å². The molecule has 0 atom stereocenters. The zero-order valence-electron chi connectivity index (χ0n) is 13.2. The van der Waals surface area contributed by atoms with Crippen LogP contribution in [0.25, 0.3) is 0 Å². The monoisotopic (exact) mass is 346 g/mol. The Morgan fingerprint density at radius 2 is 1.92 bits per heavy atom. The molecule has 0 radical (unpaired) electrons. The molecular formula is C15H21F3N4O2. The Balaban J connectivity index is 1.71. The van der Waals surface area contributed by atoms with Gasteiger partial charge in [-0.1, -0.05) is 12.1 Å². The van der Waals surface area contributed by atoms with E-state index >= 15 is 0 Å². The summed E-state index contributed by atoms with van der Waals surface area (Å²) < 4.78 is 45.3. The van der Waals surface area contributed by atoms with Gasteiger partial charge in [0.25, 0.3) is 0 Å². The second kappa shape index (κ2) is 8.74. The molecule has 1 aliphatic heterocycles. The van der Waals surface area contributed by atoms with Gasteiger partial charge in [-0.2, -0.15) is 0 Å². The number of nitrogens with one attached hydrogen (secondary N) is 1. The number of aliphatic imine (C=N–C) groups is 1. The molecule has 24 heavy (non-hydrogen) atoms. The summed E-state index contributed by atoms with van der Waals surface area (Å²) in [6.45, 7) is 5.12. The molecule has 1 fully saturated rings. The molecule has 134 valence electrons. The second-order valence-electron chi connectivity index (χ2n) is 5.27. The summed E-state index contributed by atoms with van der Waals surface area (Å²) in [5, 5.41) is 3.01. The van der Waals surface area contributed by atoms with Crippen molar-refractivity contribution < 1.29 is 22.6 Å². The van der Waals surface area contributed by atoms with Crippen LogP contribution in [0.1, 0.15) is 5.56 Å².